The van der Waals surface area contributed by atoms with Gasteiger partial charge < -0.3 is 52.0 Å². The van der Waals surface area contributed by atoms with Gasteiger partial charge in [0.2, 0.25) is 0 Å². The SMILES string of the molecule is O.O.O.O.[O-]B([O-])[O-].[O-]B([O-])[O-].[Zn+2].[Zn+2].[Zn+2]. The molecular formula is H8B2O10Zn3. The molecule has 0 radical (unpaired) electrons. The van der Waals surface area contributed by atoms with Crippen molar-refractivity contribution in [2.24, 2.45) is 0 Å². The zero-order valence-corrected chi connectivity index (χ0v) is 16.6. The number of hydrogen-bond acceptors (Lipinski definition) is 6. The molecule has 0 saturated carbocycles. The molecule has 15 heteroatoms. The Kier molecular flexibility index (Phi) is 268. The minimum Gasteiger partial charge on any atom is -0.907 e. The van der Waals surface area contributed by atoms with Crippen LogP contribution in [0.25, 0.3) is 0 Å². The first-order valence-electron chi connectivity index (χ1n) is 1.41. The standard InChI is InChI=1S/2BO3.4H2O.3Zn/c2*2-1(3)4;;;;;;;/h;;4*1H2;;;/q2*-3;;;;;3*+2. The smallest absolute Gasteiger partial charge is 0.907 e. The van der Waals surface area contributed by atoms with Gasteiger partial charge in [0.1, 0.15) is 0 Å². The summed E-state index contributed by atoms with van der Waals surface area (Å²) in [5, 5.41) is 50.5. The Bertz CT molecular complexity index is 34.1. The van der Waals surface area contributed by atoms with E-state index in [1.54, 1.807) is 0 Å². The molecule has 0 heterocycles. The Balaban J connectivity index is -0.00000000468. The first-order valence-corrected chi connectivity index (χ1v) is 1.41. The average Bonchev–Trinajstić information content (AvgIpc) is 1.25. The van der Waals surface area contributed by atoms with Crippen molar-refractivity contribution in [2.75, 3.05) is 0 Å². The van der Waals surface area contributed by atoms with Gasteiger partial charge in [-0.3, -0.25) is 14.6 Å². The van der Waals surface area contributed by atoms with Crippen molar-refractivity contribution in [1.82, 2.24) is 0 Å². The second kappa shape index (κ2) is 57.6. The summed E-state index contributed by atoms with van der Waals surface area (Å²) in [5.41, 5.74) is 0. The van der Waals surface area contributed by atoms with E-state index in [0.29, 0.717) is 0 Å². The molecule has 15 heavy (non-hydrogen) atoms. The summed E-state index contributed by atoms with van der Waals surface area (Å²) in [6, 6.07) is 0. The van der Waals surface area contributed by atoms with E-state index >= 15 is 0 Å². The summed E-state index contributed by atoms with van der Waals surface area (Å²) >= 11 is 0. The topological polar surface area (TPSA) is 264 Å². The van der Waals surface area contributed by atoms with Crippen LogP contribution in [0.2, 0.25) is 0 Å². The van der Waals surface area contributed by atoms with Crippen molar-refractivity contribution in [3.8, 4) is 0 Å². The van der Waals surface area contributed by atoms with Crippen molar-refractivity contribution in [3.05, 3.63) is 0 Å². The van der Waals surface area contributed by atoms with Crippen molar-refractivity contribution in [1.29, 1.82) is 0 Å². The van der Waals surface area contributed by atoms with Gasteiger partial charge in [-0.1, -0.05) is 0 Å². The second-order valence-corrected chi connectivity index (χ2v) is 0.577. The first kappa shape index (κ1) is 69.9. The van der Waals surface area contributed by atoms with E-state index in [-0.39, 0.29) is 80.3 Å². The van der Waals surface area contributed by atoms with E-state index in [1.165, 1.54) is 0 Å². The summed E-state index contributed by atoms with van der Waals surface area (Å²) in [6.07, 6.45) is 0. The van der Waals surface area contributed by atoms with Crippen LogP contribution in [0.5, 0.6) is 0 Å². The second-order valence-electron chi connectivity index (χ2n) is 0.577. The van der Waals surface area contributed by atoms with Crippen LogP contribution in [0, 0.1) is 0 Å². The molecule has 0 aliphatic heterocycles. The van der Waals surface area contributed by atoms with E-state index in [2.05, 4.69) is 0 Å². The molecule has 10 nitrogen and oxygen atoms in total. The minimum atomic E-state index is -2.92. The summed E-state index contributed by atoms with van der Waals surface area (Å²) < 4.78 is 0. The van der Waals surface area contributed by atoms with Crippen molar-refractivity contribution in [3.63, 3.8) is 0 Å². The van der Waals surface area contributed by atoms with Crippen molar-refractivity contribution < 1.29 is 110 Å². The normalized spacial score (nSPS) is 3.60. The molecule has 0 saturated heterocycles. The third kappa shape index (κ3) is 1130. The molecule has 0 aromatic carbocycles. The summed E-state index contributed by atoms with van der Waals surface area (Å²) in [6.45, 7) is 0. The van der Waals surface area contributed by atoms with Crippen LogP contribution >= 0.6 is 0 Å². The molecule has 0 amide bonds. The molecule has 0 aliphatic rings. The monoisotopic (exact) mass is 382 g/mol. The fourth-order valence-electron chi connectivity index (χ4n) is 0. The Morgan fingerprint density at radius 1 is 0.400 bits per heavy atom. The molecule has 0 bridgehead atoms. The maximum atomic E-state index is 8.42. The van der Waals surface area contributed by atoms with Crippen LogP contribution in [0.4, 0.5) is 0 Å². The van der Waals surface area contributed by atoms with Gasteiger partial charge in [0.05, 0.1) is 0 Å². The van der Waals surface area contributed by atoms with Gasteiger partial charge in [-0.2, -0.15) is 0 Å². The Labute approximate surface area is 125 Å². The fraction of sp³-hybridized carbons (Fsp3) is 0. The third-order valence-corrected chi connectivity index (χ3v) is 0. The maximum absolute atomic E-state index is 8.42. The Hall–Kier alpha value is 1.60. The van der Waals surface area contributed by atoms with Gasteiger partial charge in [0, 0.05) is 0 Å². The van der Waals surface area contributed by atoms with Crippen molar-refractivity contribution in [2.45, 2.75) is 0 Å². The molecule has 0 fully saturated rings. The molecule has 0 atom stereocenters. The zero-order valence-electron chi connectivity index (χ0n) is 7.73. The molecule has 0 aromatic heterocycles. The van der Waals surface area contributed by atoms with Gasteiger partial charge in [-0.15, -0.1) is 0 Å². The van der Waals surface area contributed by atoms with Gasteiger partial charge in [0.15, 0.2) is 0 Å². The third-order valence-electron chi connectivity index (χ3n) is 0. The van der Waals surface area contributed by atoms with Crippen molar-refractivity contribution >= 4 is 14.6 Å². The quantitative estimate of drug-likeness (QED) is 0.364. The number of hydrogen-bond donors (Lipinski definition) is 0. The molecule has 0 rings (SSSR count). The van der Waals surface area contributed by atoms with Gasteiger partial charge >= 0.3 is 58.4 Å². The predicted molar refractivity (Wildman–Crippen MR) is 26.0 cm³/mol. The largest absolute Gasteiger partial charge is 2.00 e. The summed E-state index contributed by atoms with van der Waals surface area (Å²) in [7, 11) is -5.83. The van der Waals surface area contributed by atoms with E-state index < -0.39 is 14.6 Å². The fourth-order valence-corrected chi connectivity index (χ4v) is 0. The predicted octanol–water partition coefficient (Wildman–Crippen LogP) is -11.2. The average molecular weight is 386 g/mol. The van der Waals surface area contributed by atoms with Crippen LogP contribution in [-0.4, -0.2) is 36.5 Å². The van der Waals surface area contributed by atoms with E-state index in [9.17, 15) is 0 Å². The zero-order chi connectivity index (χ0) is 7.15. The van der Waals surface area contributed by atoms with Crippen LogP contribution in [0.3, 0.4) is 0 Å². The van der Waals surface area contributed by atoms with E-state index in [1.807, 2.05) is 0 Å². The van der Waals surface area contributed by atoms with E-state index in [0.717, 1.165) is 0 Å². The molecule has 0 unspecified atom stereocenters. The molecule has 0 aromatic rings. The summed E-state index contributed by atoms with van der Waals surface area (Å²) in [4.78, 5) is 0. The molecule has 0 spiro atoms. The van der Waals surface area contributed by atoms with Gasteiger partial charge in [-0.05, 0) is 0 Å². The minimum absolute atomic E-state index is 0. The molecule has 0 aliphatic carbocycles. The van der Waals surface area contributed by atoms with Crippen LogP contribution in [0.1, 0.15) is 0 Å². The molecular weight excluding hydrogens is 378 g/mol. The number of rotatable bonds is 0. The van der Waals surface area contributed by atoms with E-state index in [4.69, 9.17) is 30.1 Å². The van der Waals surface area contributed by atoms with Crippen LogP contribution in [0.15, 0.2) is 0 Å². The maximum Gasteiger partial charge on any atom is 2.00 e. The Morgan fingerprint density at radius 3 is 0.400 bits per heavy atom. The first-order chi connectivity index (χ1) is 3.46. The molecule has 80 valence electrons. The van der Waals surface area contributed by atoms with Crippen LogP contribution in [-0.2, 0) is 58.4 Å². The summed E-state index contributed by atoms with van der Waals surface area (Å²) in [5.74, 6) is 0. The Morgan fingerprint density at radius 2 is 0.400 bits per heavy atom. The van der Waals surface area contributed by atoms with Gasteiger partial charge in [0.25, 0.3) is 0 Å². The molecule has 8 N–H and O–H groups in total. The van der Waals surface area contributed by atoms with Crippen LogP contribution < -0.4 is 30.1 Å². The van der Waals surface area contributed by atoms with Gasteiger partial charge in [-0.25, -0.2) is 0 Å².